The van der Waals surface area contributed by atoms with E-state index in [0.717, 1.165) is 18.7 Å². The van der Waals surface area contributed by atoms with Gasteiger partial charge in [0.2, 0.25) is 0 Å². The predicted molar refractivity (Wildman–Crippen MR) is 86.8 cm³/mol. The SMILES string of the molecule is CN1CCCc2cc(CNc3ccc(F)c(Cl)c3)ccc21. The number of hydrogen-bond donors (Lipinski definition) is 1. The molecule has 1 heterocycles. The Bertz CT molecular complexity index is 657. The van der Waals surface area contributed by atoms with Crippen LogP contribution < -0.4 is 10.2 Å². The molecule has 0 atom stereocenters. The van der Waals surface area contributed by atoms with Crippen molar-refractivity contribution >= 4 is 23.0 Å². The van der Waals surface area contributed by atoms with Gasteiger partial charge in [-0.2, -0.15) is 0 Å². The molecule has 2 aromatic rings. The summed E-state index contributed by atoms with van der Waals surface area (Å²) in [4.78, 5) is 2.30. The van der Waals surface area contributed by atoms with Crippen molar-refractivity contribution in [1.82, 2.24) is 0 Å². The summed E-state index contributed by atoms with van der Waals surface area (Å²) in [5.41, 5.74) is 4.79. The second kappa shape index (κ2) is 5.94. The summed E-state index contributed by atoms with van der Waals surface area (Å²) in [5, 5.41) is 3.43. The molecule has 0 aromatic heterocycles. The minimum atomic E-state index is -0.390. The minimum Gasteiger partial charge on any atom is -0.381 e. The Morgan fingerprint density at radius 2 is 2.10 bits per heavy atom. The van der Waals surface area contributed by atoms with Crippen molar-refractivity contribution in [3.05, 3.63) is 58.4 Å². The number of nitrogens with one attached hydrogen (secondary N) is 1. The lowest BCUT2D eigenvalue weighted by Crippen LogP contribution is -2.24. The van der Waals surface area contributed by atoms with Crippen LogP contribution in [0.2, 0.25) is 5.02 Å². The van der Waals surface area contributed by atoms with Crippen LogP contribution in [0.15, 0.2) is 36.4 Å². The molecule has 2 nitrogen and oxygen atoms in total. The Morgan fingerprint density at radius 3 is 2.90 bits per heavy atom. The van der Waals surface area contributed by atoms with E-state index in [4.69, 9.17) is 11.6 Å². The molecule has 1 aliphatic heterocycles. The van der Waals surface area contributed by atoms with Gasteiger partial charge in [0.15, 0.2) is 0 Å². The number of anilines is 2. The molecule has 0 saturated carbocycles. The van der Waals surface area contributed by atoms with Crippen molar-refractivity contribution < 1.29 is 4.39 Å². The number of hydrogen-bond acceptors (Lipinski definition) is 2. The highest BCUT2D eigenvalue weighted by atomic mass is 35.5. The smallest absolute Gasteiger partial charge is 0.141 e. The van der Waals surface area contributed by atoms with E-state index in [1.165, 1.54) is 29.3 Å². The molecule has 1 aliphatic rings. The van der Waals surface area contributed by atoms with Crippen LogP contribution in [0.3, 0.4) is 0 Å². The molecule has 0 amide bonds. The molecule has 1 N–H and O–H groups in total. The van der Waals surface area contributed by atoms with Crippen LogP contribution in [-0.2, 0) is 13.0 Å². The first-order chi connectivity index (χ1) is 10.1. The van der Waals surface area contributed by atoms with Gasteiger partial charge in [0, 0.05) is 31.5 Å². The Kier molecular flexibility index (Phi) is 4.02. The maximum absolute atomic E-state index is 13.1. The van der Waals surface area contributed by atoms with E-state index >= 15 is 0 Å². The second-order valence-corrected chi connectivity index (χ2v) is 5.88. The lowest BCUT2D eigenvalue weighted by molar-refractivity contribution is 0.628. The molecule has 110 valence electrons. The summed E-state index contributed by atoms with van der Waals surface area (Å²) in [6.45, 7) is 1.83. The minimum absolute atomic E-state index is 0.145. The average molecular weight is 305 g/mol. The highest BCUT2D eigenvalue weighted by Crippen LogP contribution is 2.27. The van der Waals surface area contributed by atoms with Gasteiger partial charge in [-0.15, -0.1) is 0 Å². The van der Waals surface area contributed by atoms with Crippen LogP contribution in [0, 0.1) is 5.82 Å². The molecule has 4 heteroatoms. The first kappa shape index (κ1) is 14.2. The normalized spacial score (nSPS) is 14.0. The van der Waals surface area contributed by atoms with E-state index in [9.17, 15) is 4.39 Å². The monoisotopic (exact) mass is 304 g/mol. The van der Waals surface area contributed by atoms with Gasteiger partial charge in [0.25, 0.3) is 0 Å². The van der Waals surface area contributed by atoms with Crippen molar-refractivity contribution in [2.75, 3.05) is 23.8 Å². The van der Waals surface area contributed by atoms with E-state index in [0.29, 0.717) is 6.54 Å². The van der Waals surface area contributed by atoms with Gasteiger partial charge in [-0.3, -0.25) is 0 Å². The quantitative estimate of drug-likeness (QED) is 0.900. The van der Waals surface area contributed by atoms with E-state index in [-0.39, 0.29) is 10.8 Å². The fourth-order valence-electron chi connectivity index (χ4n) is 2.76. The Balaban J connectivity index is 1.72. The molecular formula is C17H18ClFN2. The van der Waals surface area contributed by atoms with Gasteiger partial charge in [-0.25, -0.2) is 4.39 Å². The number of rotatable bonds is 3. The predicted octanol–water partition coefficient (Wildman–Crippen LogP) is 4.47. The van der Waals surface area contributed by atoms with Crippen molar-refractivity contribution in [1.29, 1.82) is 0 Å². The fourth-order valence-corrected chi connectivity index (χ4v) is 2.94. The number of aryl methyl sites for hydroxylation is 1. The van der Waals surface area contributed by atoms with Crippen LogP contribution in [0.5, 0.6) is 0 Å². The van der Waals surface area contributed by atoms with Crippen LogP contribution in [0.1, 0.15) is 17.5 Å². The topological polar surface area (TPSA) is 15.3 Å². The summed E-state index contributed by atoms with van der Waals surface area (Å²) in [6, 6.07) is 11.3. The molecule has 2 aromatic carbocycles. The van der Waals surface area contributed by atoms with Crippen molar-refractivity contribution in [3.63, 3.8) is 0 Å². The third kappa shape index (κ3) is 3.13. The Morgan fingerprint density at radius 1 is 1.24 bits per heavy atom. The Hall–Kier alpha value is -1.74. The lowest BCUT2D eigenvalue weighted by atomic mass is 9.99. The maximum Gasteiger partial charge on any atom is 0.141 e. The van der Waals surface area contributed by atoms with Crippen molar-refractivity contribution in [3.8, 4) is 0 Å². The zero-order valence-electron chi connectivity index (χ0n) is 12.0. The number of halogens is 2. The van der Waals surface area contributed by atoms with Gasteiger partial charge in [0.05, 0.1) is 5.02 Å². The number of fused-ring (bicyclic) bond motifs is 1. The van der Waals surface area contributed by atoms with Crippen LogP contribution in [0.4, 0.5) is 15.8 Å². The molecule has 3 rings (SSSR count). The summed E-state index contributed by atoms with van der Waals surface area (Å²) < 4.78 is 13.1. The molecule has 0 fully saturated rings. The number of benzene rings is 2. The van der Waals surface area contributed by atoms with E-state index in [1.54, 1.807) is 12.1 Å². The zero-order chi connectivity index (χ0) is 14.8. The summed E-state index contributed by atoms with van der Waals surface area (Å²) in [5.74, 6) is -0.390. The molecule has 0 bridgehead atoms. The molecule has 0 radical (unpaired) electrons. The molecule has 0 saturated heterocycles. The summed E-state index contributed by atoms with van der Waals surface area (Å²) in [7, 11) is 2.14. The van der Waals surface area contributed by atoms with E-state index in [1.807, 2.05) is 0 Å². The third-order valence-electron chi connectivity index (χ3n) is 3.91. The van der Waals surface area contributed by atoms with E-state index in [2.05, 4.69) is 35.5 Å². The first-order valence-electron chi connectivity index (χ1n) is 7.15. The molecule has 0 unspecified atom stereocenters. The second-order valence-electron chi connectivity index (χ2n) is 5.47. The summed E-state index contributed by atoms with van der Waals surface area (Å²) >= 11 is 5.79. The van der Waals surface area contributed by atoms with Gasteiger partial charge in [-0.05, 0) is 48.2 Å². The fraction of sp³-hybridized carbons (Fsp3) is 0.294. The first-order valence-corrected chi connectivity index (χ1v) is 7.53. The van der Waals surface area contributed by atoms with Gasteiger partial charge < -0.3 is 10.2 Å². The maximum atomic E-state index is 13.1. The van der Waals surface area contributed by atoms with Gasteiger partial charge in [0.1, 0.15) is 5.82 Å². The number of nitrogens with zero attached hydrogens (tertiary/aromatic N) is 1. The van der Waals surface area contributed by atoms with Crippen molar-refractivity contribution in [2.24, 2.45) is 0 Å². The van der Waals surface area contributed by atoms with Crippen molar-refractivity contribution in [2.45, 2.75) is 19.4 Å². The average Bonchev–Trinajstić information content (AvgIpc) is 2.49. The highest BCUT2D eigenvalue weighted by molar-refractivity contribution is 6.31. The molecule has 0 aliphatic carbocycles. The van der Waals surface area contributed by atoms with Gasteiger partial charge in [-0.1, -0.05) is 23.7 Å². The highest BCUT2D eigenvalue weighted by Gasteiger charge is 2.13. The van der Waals surface area contributed by atoms with Crippen LogP contribution in [-0.4, -0.2) is 13.6 Å². The summed E-state index contributed by atoms with van der Waals surface area (Å²) in [6.07, 6.45) is 2.34. The zero-order valence-corrected chi connectivity index (χ0v) is 12.8. The molecule has 0 spiro atoms. The van der Waals surface area contributed by atoms with Gasteiger partial charge >= 0.3 is 0 Å². The third-order valence-corrected chi connectivity index (χ3v) is 4.20. The Labute approximate surface area is 129 Å². The van der Waals surface area contributed by atoms with Crippen LogP contribution >= 0.6 is 11.6 Å². The van der Waals surface area contributed by atoms with E-state index < -0.39 is 0 Å². The molecule has 21 heavy (non-hydrogen) atoms. The largest absolute Gasteiger partial charge is 0.381 e. The molecular weight excluding hydrogens is 287 g/mol. The standard InChI is InChI=1S/C17H18ClFN2/c1-21-8-2-3-13-9-12(4-7-17(13)21)11-20-14-5-6-16(19)15(18)10-14/h4-7,9-10,20H,2-3,8,11H2,1H3. The lowest BCUT2D eigenvalue weighted by Gasteiger charge is -2.27. The van der Waals surface area contributed by atoms with Crippen LogP contribution in [0.25, 0.3) is 0 Å².